The Kier molecular flexibility index (Phi) is 5.75. The third-order valence-electron chi connectivity index (χ3n) is 3.98. The molecular formula is C15H21N3O5. The van der Waals surface area contributed by atoms with Crippen LogP contribution in [0.15, 0.2) is 22.8 Å². The summed E-state index contributed by atoms with van der Waals surface area (Å²) in [5.74, 6) is -1.41. The van der Waals surface area contributed by atoms with Crippen molar-refractivity contribution in [3.8, 4) is 0 Å². The van der Waals surface area contributed by atoms with Crippen molar-refractivity contribution in [2.75, 3.05) is 19.6 Å². The van der Waals surface area contributed by atoms with Gasteiger partial charge in [-0.3, -0.25) is 14.5 Å². The second-order valence-electron chi connectivity index (χ2n) is 5.69. The molecule has 0 aromatic carbocycles. The predicted molar refractivity (Wildman–Crippen MR) is 80.3 cm³/mol. The Balaban J connectivity index is 1.80. The molecule has 126 valence electrons. The molecule has 4 N–H and O–H groups in total. The Bertz CT molecular complexity index is 549. The van der Waals surface area contributed by atoms with E-state index < -0.39 is 12.0 Å². The number of carboxylic acids is 1. The average Bonchev–Trinajstić information content (AvgIpc) is 3.00. The summed E-state index contributed by atoms with van der Waals surface area (Å²) in [4.78, 5) is 36.3. The van der Waals surface area contributed by atoms with E-state index in [1.54, 1.807) is 12.1 Å². The minimum Gasteiger partial charge on any atom is -0.480 e. The highest BCUT2D eigenvalue weighted by Gasteiger charge is 2.26. The van der Waals surface area contributed by atoms with Crippen LogP contribution in [0.1, 0.15) is 18.6 Å². The van der Waals surface area contributed by atoms with Crippen molar-refractivity contribution in [1.29, 1.82) is 0 Å². The number of primary amides is 1. The number of furan rings is 1. The van der Waals surface area contributed by atoms with E-state index in [0.717, 1.165) is 0 Å². The maximum absolute atomic E-state index is 12.0. The Hall–Kier alpha value is -2.35. The largest absolute Gasteiger partial charge is 0.480 e. The van der Waals surface area contributed by atoms with E-state index in [2.05, 4.69) is 5.32 Å². The summed E-state index contributed by atoms with van der Waals surface area (Å²) >= 11 is 0. The Morgan fingerprint density at radius 2 is 2.09 bits per heavy atom. The van der Waals surface area contributed by atoms with Crippen LogP contribution in [0, 0.1) is 5.92 Å². The Labute approximate surface area is 133 Å². The number of hydrogen-bond donors (Lipinski definition) is 3. The van der Waals surface area contributed by atoms with Crippen LogP contribution in [-0.4, -0.2) is 53.5 Å². The Morgan fingerprint density at radius 1 is 1.39 bits per heavy atom. The van der Waals surface area contributed by atoms with Gasteiger partial charge < -0.3 is 20.6 Å². The van der Waals surface area contributed by atoms with Crippen molar-refractivity contribution in [3.63, 3.8) is 0 Å². The summed E-state index contributed by atoms with van der Waals surface area (Å²) in [6, 6.07) is 2.30. The molecule has 0 radical (unpaired) electrons. The number of nitrogens with zero attached hydrogens (tertiary/aromatic N) is 1. The average molecular weight is 323 g/mol. The fraction of sp³-hybridized carbons (Fsp3) is 0.533. The summed E-state index contributed by atoms with van der Waals surface area (Å²) < 4.78 is 5.11. The van der Waals surface area contributed by atoms with Gasteiger partial charge in [0.05, 0.1) is 12.8 Å². The second kappa shape index (κ2) is 7.77. The monoisotopic (exact) mass is 323 g/mol. The van der Waals surface area contributed by atoms with Gasteiger partial charge in [0.2, 0.25) is 11.8 Å². The van der Waals surface area contributed by atoms with E-state index in [-0.39, 0.29) is 30.7 Å². The molecule has 1 saturated heterocycles. The van der Waals surface area contributed by atoms with E-state index in [1.165, 1.54) is 6.26 Å². The van der Waals surface area contributed by atoms with E-state index >= 15 is 0 Å². The SMILES string of the molecule is NC(=O)C1CCN(CC(=O)NC(Cc2ccco2)C(=O)O)CC1. The molecule has 1 aliphatic heterocycles. The number of amides is 2. The predicted octanol–water partition coefficient (Wildman–Crippen LogP) is -0.411. The highest BCUT2D eigenvalue weighted by atomic mass is 16.4. The minimum atomic E-state index is -1.11. The number of carboxylic acid groups (broad SMARTS) is 1. The first-order valence-corrected chi connectivity index (χ1v) is 7.52. The van der Waals surface area contributed by atoms with Gasteiger partial charge in [-0.2, -0.15) is 0 Å². The van der Waals surface area contributed by atoms with Gasteiger partial charge in [-0.05, 0) is 38.1 Å². The van der Waals surface area contributed by atoms with Gasteiger partial charge in [0.25, 0.3) is 0 Å². The van der Waals surface area contributed by atoms with Crippen LogP contribution < -0.4 is 11.1 Å². The van der Waals surface area contributed by atoms with Crippen molar-refractivity contribution >= 4 is 17.8 Å². The van der Waals surface area contributed by atoms with Crippen LogP contribution in [0.4, 0.5) is 0 Å². The molecule has 1 aromatic heterocycles. The third-order valence-corrected chi connectivity index (χ3v) is 3.98. The van der Waals surface area contributed by atoms with Crippen molar-refractivity contribution < 1.29 is 23.9 Å². The first-order chi connectivity index (χ1) is 11.0. The molecule has 1 atom stereocenters. The highest BCUT2D eigenvalue weighted by Crippen LogP contribution is 2.16. The standard InChI is InChI=1S/C15H21N3O5/c16-14(20)10-3-5-18(6-4-10)9-13(19)17-12(15(21)22)8-11-2-1-7-23-11/h1-2,7,10,12H,3-6,8-9H2,(H2,16,20)(H,17,19)(H,21,22). The number of piperidine rings is 1. The molecule has 0 bridgehead atoms. The third kappa shape index (κ3) is 5.10. The summed E-state index contributed by atoms with van der Waals surface area (Å²) in [5, 5.41) is 11.7. The van der Waals surface area contributed by atoms with Gasteiger partial charge in [0.15, 0.2) is 0 Å². The summed E-state index contributed by atoms with van der Waals surface area (Å²) in [7, 11) is 0. The van der Waals surface area contributed by atoms with Crippen molar-refractivity contribution in [3.05, 3.63) is 24.2 Å². The highest BCUT2D eigenvalue weighted by molar-refractivity contribution is 5.84. The molecule has 0 saturated carbocycles. The number of hydrogen-bond acceptors (Lipinski definition) is 5. The van der Waals surface area contributed by atoms with Gasteiger partial charge in [-0.1, -0.05) is 0 Å². The zero-order valence-corrected chi connectivity index (χ0v) is 12.7. The molecule has 0 spiro atoms. The van der Waals surface area contributed by atoms with E-state index in [4.69, 9.17) is 10.2 Å². The number of carbonyl (C=O) groups excluding carboxylic acids is 2. The number of likely N-dealkylation sites (tertiary alicyclic amines) is 1. The molecule has 2 rings (SSSR count). The zero-order chi connectivity index (χ0) is 16.8. The van der Waals surface area contributed by atoms with Crippen LogP contribution in [0.5, 0.6) is 0 Å². The molecule has 2 amide bonds. The second-order valence-corrected chi connectivity index (χ2v) is 5.69. The molecule has 1 fully saturated rings. The molecule has 8 heteroatoms. The first kappa shape index (κ1) is 17.0. The van der Waals surface area contributed by atoms with Crippen LogP contribution >= 0.6 is 0 Å². The molecule has 23 heavy (non-hydrogen) atoms. The lowest BCUT2D eigenvalue weighted by atomic mass is 9.96. The first-order valence-electron chi connectivity index (χ1n) is 7.52. The van der Waals surface area contributed by atoms with Crippen LogP contribution in [0.25, 0.3) is 0 Å². The topological polar surface area (TPSA) is 126 Å². The molecule has 1 unspecified atom stereocenters. The molecule has 8 nitrogen and oxygen atoms in total. The molecule has 1 aliphatic rings. The zero-order valence-electron chi connectivity index (χ0n) is 12.7. The van der Waals surface area contributed by atoms with Crippen molar-refractivity contribution in [1.82, 2.24) is 10.2 Å². The van der Waals surface area contributed by atoms with Gasteiger partial charge in [-0.25, -0.2) is 4.79 Å². The van der Waals surface area contributed by atoms with Crippen LogP contribution in [0.3, 0.4) is 0 Å². The lowest BCUT2D eigenvalue weighted by molar-refractivity contribution is -0.142. The normalized spacial score (nSPS) is 17.6. The van der Waals surface area contributed by atoms with Gasteiger partial charge >= 0.3 is 5.97 Å². The van der Waals surface area contributed by atoms with Crippen LogP contribution in [-0.2, 0) is 20.8 Å². The molecule has 2 heterocycles. The van der Waals surface area contributed by atoms with Crippen molar-refractivity contribution in [2.45, 2.75) is 25.3 Å². The fourth-order valence-electron chi connectivity index (χ4n) is 2.65. The van der Waals surface area contributed by atoms with Crippen LogP contribution in [0.2, 0.25) is 0 Å². The maximum Gasteiger partial charge on any atom is 0.326 e. The van der Waals surface area contributed by atoms with Gasteiger partial charge in [0, 0.05) is 12.3 Å². The minimum absolute atomic E-state index is 0.0951. The molecule has 0 aliphatic carbocycles. The number of aliphatic carboxylic acids is 1. The van der Waals surface area contributed by atoms with Gasteiger partial charge in [0.1, 0.15) is 11.8 Å². The fourth-order valence-corrected chi connectivity index (χ4v) is 2.65. The lowest BCUT2D eigenvalue weighted by Crippen LogP contribution is -2.48. The van der Waals surface area contributed by atoms with E-state index in [9.17, 15) is 19.5 Å². The number of nitrogens with two attached hydrogens (primary N) is 1. The number of rotatable bonds is 7. The lowest BCUT2D eigenvalue weighted by Gasteiger charge is -2.30. The van der Waals surface area contributed by atoms with E-state index in [1.807, 2.05) is 4.90 Å². The quantitative estimate of drug-likeness (QED) is 0.626. The Morgan fingerprint density at radius 3 is 2.61 bits per heavy atom. The summed E-state index contributed by atoms with van der Waals surface area (Å²) in [5.41, 5.74) is 5.27. The number of nitrogens with one attached hydrogen (secondary N) is 1. The molecule has 1 aromatic rings. The maximum atomic E-state index is 12.0. The smallest absolute Gasteiger partial charge is 0.326 e. The summed E-state index contributed by atoms with van der Waals surface area (Å²) in [6.07, 6.45) is 2.80. The molecular weight excluding hydrogens is 302 g/mol. The summed E-state index contributed by atoms with van der Waals surface area (Å²) in [6.45, 7) is 1.29. The van der Waals surface area contributed by atoms with Crippen molar-refractivity contribution in [2.24, 2.45) is 11.7 Å². The van der Waals surface area contributed by atoms with E-state index in [0.29, 0.717) is 31.7 Å². The van der Waals surface area contributed by atoms with Gasteiger partial charge in [-0.15, -0.1) is 0 Å². The number of carbonyl (C=O) groups is 3.